The van der Waals surface area contributed by atoms with Crippen molar-refractivity contribution in [2.75, 3.05) is 13.7 Å². The molecule has 0 aliphatic heterocycles. The molecule has 0 saturated heterocycles. The highest BCUT2D eigenvalue weighted by Crippen LogP contribution is 2.31. The molecule has 2 atom stereocenters. The van der Waals surface area contributed by atoms with Crippen LogP contribution in [0.4, 0.5) is 5.69 Å². The van der Waals surface area contributed by atoms with Crippen molar-refractivity contribution in [1.82, 2.24) is 10.2 Å². The number of halogens is 1. The van der Waals surface area contributed by atoms with Crippen molar-refractivity contribution in [2.24, 2.45) is 0 Å². The summed E-state index contributed by atoms with van der Waals surface area (Å²) in [6.45, 7) is 3.60. The molecule has 0 spiro atoms. The van der Waals surface area contributed by atoms with Gasteiger partial charge in [0, 0.05) is 36.2 Å². The fraction of sp³-hybridized carbons (Fsp3) is 0.310. The van der Waals surface area contributed by atoms with Gasteiger partial charge in [0.25, 0.3) is 5.91 Å². The van der Waals surface area contributed by atoms with Crippen molar-refractivity contribution in [1.29, 1.82) is 0 Å². The third kappa shape index (κ3) is 8.44. The van der Waals surface area contributed by atoms with E-state index in [4.69, 9.17) is 21.1 Å². The summed E-state index contributed by atoms with van der Waals surface area (Å²) in [7, 11) is 1.31. The highest BCUT2D eigenvalue weighted by atomic mass is 35.5. The second-order valence-corrected chi connectivity index (χ2v) is 9.49. The summed E-state index contributed by atoms with van der Waals surface area (Å²) < 4.78 is 10.8. The van der Waals surface area contributed by atoms with Crippen LogP contribution in [0.15, 0.2) is 72.8 Å². The van der Waals surface area contributed by atoms with Gasteiger partial charge in [0.05, 0.1) is 12.0 Å². The third-order valence-electron chi connectivity index (χ3n) is 6.22. The van der Waals surface area contributed by atoms with Gasteiger partial charge in [0.2, 0.25) is 11.7 Å². The van der Waals surface area contributed by atoms with Crippen molar-refractivity contribution in [3.8, 4) is 11.5 Å². The molecule has 0 fully saturated rings. The van der Waals surface area contributed by atoms with E-state index in [1.165, 1.54) is 30.2 Å². The largest absolute Gasteiger partial charge is 0.490 e. The van der Waals surface area contributed by atoms with Crippen LogP contribution in [0.5, 0.6) is 11.5 Å². The van der Waals surface area contributed by atoms with Gasteiger partial charge >= 0.3 is 5.69 Å². The van der Waals surface area contributed by atoms with Gasteiger partial charge in [-0.2, -0.15) is 0 Å². The van der Waals surface area contributed by atoms with Crippen LogP contribution in [0.3, 0.4) is 0 Å². The SMILES string of the molecule is CCC(C)NC(=O)C(Cc1ccccc1)N(Cc1cccc(Cl)c1)C(=O)COc1ccc([N+](=O)[O-])c(OC)c1. The van der Waals surface area contributed by atoms with E-state index in [1.54, 1.807) is 18.2 Å². The maximum Gasteiger partial charge on any atom is 0.311 e. The minimum atomic E-state index is -0.831. The first-order valence-corrected chi connectivity index (χ1v) is 12.9. The number of nitrogens with zero attached hydrogens (tertiary/aromatic N) is 2. The number of hydrogen-bond acceptors (Lipinski definition) is 6. The fourth-order valence-electron chi connectivity index (χ4n) is 3.95. The van der Waals surface area contributed by atoms with Crippen LogP contribution in [0.25, 0.3) is 0 Å². The lowest BCUT2D eigenvalue weighted by molar-refractivity contribution is -0.385. The lowest BCUT2D eigenvalue weighted by Crippen LogP contribution is -2.53. The van der Waals surface area contributed by atoms with Crippen molar-refractivity contribution < 1.29 is 24.0 Å². The summed E-state index contributed by atoms with van der Waals surface area (Å²) in [6.07, 6.45) is 1.03. The molecule has 9 nitrogen and oxygen atoms in total. The van der Waals surface area contributed by atoms with E-state index in [0.717, 1.165) is 17.5 Å². The van der Waals surface area contributed by atoms with Crippen molar-refractivity contribution >= 4 is 29.1 Å². The highest BCUT2D eigenvalue weighted by molar-refractivity contribution is 6.30. The Bertz CT molecular complexity index is 1290. The van der Waals surface area contributed by atoms with Crippen LogP contribution in [0, 0.1) is 10.1 Å². The van der Waals surface area contributed by atoms with Crippen LogP contribution in [0.1, 0.15) is 31.4 Å². The number of ether oxygens (including phenoxy) is 2. The number of amides is 2. The summed E-state index contributed by atoms with van der Waals surface area (Å²) in [5.41, 5.74) is 1.43. The van der Waals surface area contributed by atoms with E-state index in [0.29, 0.717) is 11.4 Å². The molecule has 0 heterocycles. The van der Waals surface area contributed by atoms with Gasteiger partial charge in [0.1, 0.15) is 11.8 Å². The molecule has 0 radical (unpaired) electrons. The van der Waals surface area contributed by atoms with Crippen LogP contribution >= 0.6 is 11.6 Å². The van der Waals surface area contributed by atoms with Gasteiger partial charge in [-0.3, -0.25) is 19.7 Å². The number of carbonyl (C=O) groups is 2. The number of nitrogens with one attached hydrogen (secondary N) is 1. The predicted molar refractivity (Wildman–Crippen MR) is 149 cm³/mol. The topological polar surface area (TPSA) is 111 Å². The van der Waals surface area contributed by atoms with Crippen LogP contribution < -0.4 is 14.8 Å². The van der Waals surface area contributed by atoms with Gasteiger partial charge in [-0.1, -0.05) is 61.0 Å². The Balaban J connectivity index is 1.92. The molecule has 206 valence electrons. The van der Waals surface area contributed by atoms with E-state index in [1.807, 2.05) is 50.2 Å². The molecule has 3 aromatic carbocycles. The Labute approximate surface area is 232 Å². The number of nitro groups is 1. The van der Waals surface area contributed by atoms with Crippen molar-refractivity contribution in [3.05, 3.63) is 99.1 Å². The number of benzene rings is 3. The first kappa shape index (κ1) is 29.4. The van der Waals surface area contributed by atoms with E-state index in [-0.39, 0.29) is 35.7 Å². The van der Waals surface area contributed by atoms with E-state index < -0.39 is 23.5 Å². The van der Waals surface area contributed by atoms with Crippen LogP contribution in [-0.2, 0) is 22.6 Å². The molecular formula is C29H32ClN3O6. The van der Waals surface area contributed by atoms with Gasteiger partial charge < -0.3 is 19.7 Å². The van der Waals surface area contributed by atoms with E-state index >= 15 is 0 Å². The lowest BCUT2D eigenvalue weighted by atomic mass is 10.0. The van der Waals surface area contributed by atoms with Gasteiger partial charge in [-0.25, -0.2) is 0 Å². The second kappa shape index (κ2) is 14.2. The monoisotopic (exact) mass is 553 g/mol. The van der Waals surface area contributed by atoms with E-state index in [9.17, 15) is 19.7 Å². The molecule has 3 rings (SSSR count). The Morgan fingerprint density at radius 1 is 1.05 bits per heavy atom. The average molecular weight is 554 g/mol. The molecule has 3 aromatic rings. The van der Waals surface area contributed by atoms with E-state index in [2.05, 4.69) is 5.32 Å². The zero-order valence-corrected chi connectivity index (χ0v) is 22.9. The fourth-order valence-corrected chi connectivity index (χ4v) is 4.17. The minimum absolute atomic E-state index is 0.00983. The molecule has 0 aromatic heterocycles. The summed E-state index contributed by atoms with van der Waals surface area (Å²) in [6, 6.07) is 19.7. The Morgan fingerprint density at radius 2 is 1.77 bits per heavy atom. The predicted octanol–water partition coefficient (Wildman–Crippen LogP) is 5.19. The highest BCUT2D eigenvalue weighted by Gasteiger charge is 2.31. The first-order chi connectivity index (χ1) is 18.7. The number of hydrogen-bond donors (Lipinski definition) is 1. The Morgan fingerprint density at radius 3 is 2.41 bits per heavy atom. The normalized spacial score (nSPS) is 12.2. The molecule has 0 bridgehead atoms. The molecule has 1 N–H and O–H groups in total. The molecule has 0 aliphatic rings. The van der Waals surface area contributed by atoms with Gasteiger partial charge in [-0.05, 0) is 42.7 Å². The molecule has 10 heteroatoms. The molecule has 39 heavy (non-hydrogen) atoms. The maximum atomic E-state index is 13.7. The molecule has 0 saturated carbocycles. The molecular weight excluding hydrogens is 522 g/mol. The first-order valence-electron chi connectivity index (χ1n) is 12.5. The third-order valence-corrected chi connectivity index (χ3v) is 6.46. The summed E-state index contributed by atoms with van der Waals surface area (Å²) in [5, 5.41) is 14.7. The average Bonchev–Trinajstić information content (AvgIpc) is 2.93. The summed E-state index contributed by atoms with van der Waals surface area (Å²) in [4.78, 5) is 39.3. The Kier molecular flexibility index (Phi) is 10.7. The van der Waals surface area contributed by atoms with Crippen LogP contribution in [-0.4, -0.2) is 47.4 Å². The minimum Gasteiger partial charge on any atom is -0.490 e. The lowest BCUT2D eigenvalue weighted by Gasteiger charge is -2.32. The molecule has 0 aliphatic carbocycles. The molecule has 2 unspecified atom stereocenters. The zero-order valence-electron chi connectivity index (χ0n) is 22.1. The van der Waals surface area contributed by atoms with Crippen molar-refractivity contribution in [2.45, 2.75) is 45.3 Å². The van der Waals surface area contributed by atoms with Gasteiger partial charge in [-0.15, -0.1) is 0 Å². The maximum absolute atomic E-state index is 13.7. The summed E-state index contributed by atoms with van der Waals surface area (Å²) in [5.74, 6) is -0.485. The quantitative estimate of drug-likeness (QED) is 0.230. The standard InChI is InChI=1S/C29H32ClN3O6/c1-4-20(2)31-29(35)26(16-21-9-6-5-7-10-21)32(18-22-11-8-12-23(30)15-22)28(34)19-39-24-13-14-25(33(36)37)27(17-24)38-3/h5-15,17,20,26H,4,16,18-19H2,1-3H3,(H,31,35). The second-order valence-electron chi connectivity index (χ2n) is 9.05. The zero-order chi connectivity index (χ0) is 28.4. The van der Waals surface area contributed by atoms with Gasteiger partial charge in [0.15, 0.2) is 6.61 Å². The number of rotatable bonds is 13. The van der Waals surface area contributed by atoms with Crippen molar-refractivity contribution in [3.63, 3.8) is 0 Å². The number of nitro benzene ring substituents is 1. The number of carbonyl (C=O) groups excluding carboxylic acids is 2. The number of methoxy groups -OCH3 is 1. The van der Waals surface area contributed by atoms with Crippen LogP contribution in [0.2, 0.25) is 5.02 Å². The molecule has 2 amide bonds. The Hall–Kier alpha value is -4.11. The summed E-state index contributed by atoms with van der Waals surface area (Å²) >= 11 is 6.20. The smallest absolute Gasteiger partial charge is 0.311 e.